The average Bonchev–Trinajstić information content (AvgIpc) is 2.54. The van der Waals surface area contributed by atoms with Gasteiger partial charge in [-0.1, -0.05) is 38.1 Å². The molecule has 4 heteroatoms. The van der Waals surface area contributed by atoms with Gasteiger partial charge in [0.1, 0.15) is 5.69 Å². The first-order valence-corrected chi connectivity index (χ1v) is 7.48. The van der Waals surface area contributed by atoms with Gasteiger partial charge in [-0.25, -0.2) is 0 Å². The summed E-state index contributed by atoms with van der Waals surface area (Å²) in [5.74, 6) is -0.102. The van der Waals surface area contributed by atoms with Gasteiger partial charge in [-0.2, -0.15) is 0 Å². The third-order valence-corrected chi connectivity index (χ3v) is 3.86. The number of fused-ring (bicyclic) bond motifs is 1. The van der Waals surface area contributed by atoms with Gasteiger partial charge in [-0.05, 0) is 24.3 Å². The van der Waals surface area contributed by atoms with Gasteiger partial charge in [-0.3, -0.25) is 9.78 Å². The van der Waals surface area contributed by atoms with Crippen LogP contribution in [0.1, 0.15) is 37.2 Å². The lowest BCUT2D eigenvalue weighted by molar-refractivity contribution is 0.0618. The number of aromatic nitrogens is 1. The SMILES string of the molecule is CCC(CC)N(CCO)C(=O)c1nccc2ccccc12. The summed E-state index contributed by atoms with van der Waals surface area (Å²) in [6, 6.07) is 9.78. The second-order valence-electron chi connectivity index (χ2n) is 5.07. The third-order valence-electron chi connectivity index (χ3n) is 3.86. The standard InChI is InChI=1S/C17H22N2O2/c1-3-14(4-2)19(11-12-20)17(21)16-15-8-6-5-7-13(15)9-10-18-16/h5-10,14,20H,3-4,11-12H2,1-2H3. The molecule has 4 nitrogen and oxygen atoms in total. The van der Waals surface area contributed by atoms with Gasteiger partial charge in [0.05, 0.1) is 6.61 Å². The second kappa shape index (κ2) is 7.18. The van der Waals surface area contributed by atoms with Gasteiger partial charge in [0.15, 0.2) is 0 Å². The molecule has 0 radical (unpaired) electrons. The molecule has 0 saturated carbocycles. The van der Waals surface area contributed by atoms with Crippen LogP contribution in [0.5, 0.6) is 0 Å². The molecule has 0 bridgehead atoms. The minimum Gasteiger partial charge on any atom is -0.395 e. The molecule has 0 fully saturated rings. The molecule has 112 valence electrons. The molecule has 0 spiro atoms. The van der Waals surface area contributed by atoms with Crippen LogP contribution in [0, 0.1) is 0 Å². The van der Waals surface area contributed by atoms with Crippen molar-refractivity contribution in [3.05, 3.63) is 42.2 Å². The van der Waals surface area contributed by atoms with Gasteiger partial charge >= 0.3 is 0 Å². The van der Waals surface area contributed by atoms with Crippen LogP contribution in [0.3, 0.4) is 0 Å². The van der Waals surface area contributed by atoms with Crippen molar-refractivity contribution in [3.63, 3.8) is 0 Å². The number of pyridine rings is 1. The van der Waals surface area contributed by atoms with E-state index in [-0.39, 0.29) is 18.6 Å². The Bertz CT molecular complexity index is 603. The number of hydrogen-bond acceptors (Lipinski definition) is 3. The summed E-state index contributed by atoms with van der Waals surface area (Å²) in [5.41, 5.74) is 0.466. The van der Waals surface area contributed by atoms with Gasteiger partial charge < -0.3 is 10.0 Å². The van der Waals surface area contributed by atoms with Crippen molar-refractivity contribution >= 4 is 16.7 Å². The van der Waals surface area contributed by atoms with Crippen LogP contribution in [-0.4, -0.2) is 40.1 Å². The second-order valence-corrected chi connectivity index (χ2v) is 5.07. The normalized spacial score (nSPS) is 11.0. The van der Waals surface area contributed by atoms with E-state index in [9.17, 15) is 9.90 Å². The highest BCUT2D eigenvalue weighted by Gasteiger charge is 2.24. The fraction of sp³-hybridized carbons (Fsp3) is 0.412. The quantitative estimate of drug-likeness (QED) is 0.888. The maximum Gasteiger partial charge on any atom is 0.273 e. The molecule has 0 aliphatic rings. The van der Waals surface area contributed by atoms with Crippen LogP contribution in [0.4, 0.5) is 0 Å². The Kier molecular flexibility index (Phi) is 5.28. The van der Waals surface area contributed by atoms with Crippen molar-refractivity contribution < 1.29 is 9.90 Å². The van der Waals surface area contributed by atoms with Gasteiger partial charge in [0.25, 0.3) is 5.91 Å². The molecule has 2 rings (SSSR count). The Labute approximate surface area is 125 Å². The Morgan fingerprint density at radius 1 is 1.24 bits per heavy atom. The van der Waals surface area contributed by atoms with Crippen molar-refractivity contribution in [1.29, 1.82) is 0 Å². The van der Waals surface area contributed by atoms with Crippen LogP contribution in [-0.2, 0) is 0 Å². The molecular weight excluding hydrogens is 264 g/mol. The zero-order chi connectivity index (χ0) is 15.2. The van der Waals surface area contributed by atoms with E-state index in [2.05, 4.69) is 18.8 Å². The molecule has 1 heterocycles. The zero-order valence-electron chi connectivity index (χ0n) is 12.6. The van der Waals surface area contributed by atoms with E-state index in [0.717, 1.165) is 23.6 Å². The number of nitrogens with zero attached hydrogens (tertiary/aromatic N) is 2. The lowest BCUT2D eigenvalue weighted by atomic mass is 10.1. The van der Waals surface area contributed by atoms with E-state index in [1.54, 1.807) is 11.1 Å². The highest BCUT2D eigenvalue weighted by atomic mass is 16.3. The van der Waals surface area contributed by atoms with Crippen LogP contribution < -0.4 is 0 Å². The van der Waals surface area contributed by atoms with Crippen LogP contribution >= 0.6 is 0 Å². The molecular formula is C17H22N2O2. The predicted molar refractivity (Wildman–Crippen MR) is 84.2 cm³/mol. The fourth-order valence-corrected chi connectivity index (χ4v) is 2.71. The Morgan fingerprint density at radius 2 is 1.95 bits per heavy atom. The molecule has 2 aromatic rings. The number of aliphatic hydroxyl groups excluding tert-OH is 1. The average molecular weight is 286 g/mol. The highest BCUT2D eigenvalue weighted by molar-refractivity contribution is 6.05. The van der Waals surface area contributed by atoms with E-state index < -0.39 is 0 Å². The summed E-state index contributed by atoms with van der Waals surface area (Å²) in [5, 5.41) is 11.1. The van der Waals surface area contributed by atoms with E-state index in [1.165, 1.54) is 0 Å². The molecule has 0 unspecified atom stereocenters. The van der Waals surface area contributed by atoms with Crippen LogP contribution in [0.2, 0.25) is 0 Å². The Balaban J connectivity index is 2.43. The lowest BCUT2D eigenvalue weighted by Gasteiger charge is -2.30. The maximum atomic E-state index is 12.9. The van der Waals surface area contributed by atoms with Crippen molar-refractivity contribution in [2.75, 3.05) is 13.2 Å². The van der Waals surface area contributed by atoms with Gasteiger partial charge in [0, 0.05) is 24.2 Å². The maximum absolute atomic E-state index is 12.9. The summed E-state index contributed by atoms with van der Waals surface area (Å²) >= 11 is 0. The molecule has 1 N–H and O–H groups in total. The number of amides is 1. The summed E-state index contributed by atoms with van der Waals surface area (Å²) in [6.45, 7) is 4.42. The third kappa shape index (κ3) is 3.22. The smallest absolute Gasteiger partial charge is 0.273 e. The molecule has 0 aliphatic heterocycles. The molecule has 0 aliphatic carbocycles. The summed E-state index contributed by atoms with van der Waals surface area (Å²) < 4.78 is 0. The van der Waals surface area contributed by atoms with Gasteiger partial charge in [-0.15, -0.1) is 0 Å². The van der Waals surface area contributed by atoms with Crippen molar-refractivity contribution in [2.24, 2.45) is 0 Å². The summed E-state index contributed by atoms with van der Waals surface area (Å²) in [6.07, 6.45) is 3.40. The van der Waals surface area contributed by atoms with Gasteiger partial charge in [0.2, 0.25) is 0 Å². The number of benzene rings is 1. The molecule has 1 aromatic carbocycles. The summed E-state index contributed by atoms with van der Waals surface area (Å²) in [4.78, 5) is 18.9. The topological polar surface area (TPSA) is 53.4 Å². The van der Waals surface area contributed by atoms with Crippen molar-refractivity contribution in [1.82, 2.24) is 9.88 Å². The molecule has 1 aromatic heterocycles. The van der Waals surface area contributed by atoms with Crippen molar-refractivity contribution in [2.45, 2.75) is 32.7 Å². The number of aliphatic hydroxyl groups is 1. The molecule has 0 atom stereocenters. The number of hydrogen-bond donors (Lipinski definition) is 1. The number of carbonyl (C=O) groups excluding carboxylic acids is 1. The molecule has 21 heavy (non-hydrogen) atoms. The van der Waals surface area contributed by atoms with E-state index in [1.807, 2.05) is 30.3 Å². The first-order chi connectivity index (χ1) is 10.2. The predicted octanol–water partition coefficient (Wildman–Crippen LogP) is 2.86. The van der Waals surface area contributed by atoms with Crippen LogP contribution in [0.15, 0.2) is 36.5 Å². The lowest BCUT2D eigenvalue weighted by Crippen LogP contribution is -2.42. The molecule has 0 saturated heterocycles. The fourth-order valence-electron chi connectivity index (χ4n) is 2.71. The minimum absolute atomic E-state index is 0.0347. The van der Waals surface area contributed by atoms with Crippen molar-refractivity contribution in [3.8, 4) is 0 Å². The summed E-state index contributed by atoms with van der Waals surface area (Å²) in [7, 11) is 0. The zero-order valence-corrected chi connectivity index (χ0v) is 12.6. The largest absolute Gasteiger partial charge is 0.395 e. The van der Waals surface area contributed by atoms with E-state index in [4.69, 9.17) is 0 Å². The first-order valence-electron chi connectivity index (χ1n) is 7.48. The Morgan fingerprint density at radius 3 is 2.62 bits per heavy atom. The minimum atomic E-state index is -0.102. The number of rotatable bonds is 6. The first kappa shape index (κ1) is 15.4. The number of carbonyl (C=O) groups is 1. The highest BCUT2D eigenvalue weighted by Crippen LogP contribution is 2.20. The Hall–Kier alpha value is -1.94. The van der Waals surface area contributed by atoms with E-state index in [0.29, 0.717) is 12.2 Å². The van der Waals surface area contributed by atoms with Crippen LogP contribution in [0.25, 0.3) is 10.8 Å². The monoisotopic (exact) mass is 286 g/mol. The van der Waals surface area contributed by atoms with E-state index >= 15 is 0 Å². The molecule has 1 amide bonds.